The molecule has 0 saturated heterocycles. The second-order valence-corrected chi connectivity index (χ2v) is 4.95. The number of hydrogen-bond acceptors (Lipinski definition) is 5. The molecule has 2 aromatic heterocycles. The summed E-state index contributed by atoms with van der Waals surface area (Å²) in [5.74, 6) is 0.0971. The van der Waals surface area contributed by atoms with Crippen LogP contribution in [0.5, 0.6) is 0 Å². The summed E-state index contributed by atoms with van der Waals surface area (Å²) in [5.41, 5.74) is 4.08. The van der Waals surface area contributed by atoms with Gasteiger partial charge >= 0.3 is 0 Å². The van der Waals surface area contributed by atoms with Gasteiger partial charge in [0.2, 0.25) is 5.91 Å². The largest absolute Gasteiger partial charge is 0.272 e. The molecule has 1 amide bonds. The first-order chi connectivity index (χ1) is 9.74. The first kappa shape index (κ1) is 14.2. The Kier molecular flexibility index (Phi) is 5.25. The lowest BCUT2D eigenvalue weighted by molar-refractivity contribution is -0.118. The van der Waals surface area contributed by atoms with Crippen LogP contribution in [0.15, 0.2) is 52.7 Å². The van der Waals surface area contributed by atoms with E-state index in [0.29, 0.717) is 5.69 Å². The molecule has 0 atom stereocenters. The number of nitrogens with zero attached hydrogens (tertiary/aromatic N) is 3. The Bertz CT molecular complexity index is 601. The van der Waals surface area contributed by atoms with Gasteiger partial charge in [0, 0.05) is 11.9 Å². The van der Waals surface area contributed by atoms with Crippen LogP contribution in [0.2, 0.25) is 0 Å². The van der Waals surface area contributed by atoms with Gasteiger partial charge in [0.25, 0.3) is 0 Å². The summed E-state index contributed by atoms with van der Waals surface area (Å²) < 4.78 is 0. The molecule has 0 unspecified atom stereocenters. The quantitative estimate of drug-likeness (QED) is 0.519. The van der Waals surface area contributed by atoms with Crippen molar-refractivity contribution in [2.24, 2.45) is 5.10 Å². The zero-order valence-corrected chi connectivity index (χ0v) is 11.8. The lowest BCUT2D eigenvalue weighted by atomic mass is 10.3. The van der Waals surface area contributed by atoms with Gasteiger partial charge < -0.3 is 0 Å². The van der Waals surface area contributed by atoms with Crippen LogP contribution >= 0.6 is 11.8 Å². The number of carbonyl (C=O) groups excluding carboxylic acids is 1. The summed E-state index contributed by atoms with van der Waals surface area (Å²) in [5, 5.41) is 4.69. The Morgan fingerprint density at radius 1 is 1.35 bits per heavy atom. The van der Waals surface area contributed by atoms with Crippen LogP contribution in [0.4, 0.5) is 0 Å². The van der Waals surface area contributed by atoms with E-state index in [4.69, 9.17) is 0 Å². The van der Waals surface area contributed by atoms with Gasteiger partial charge in [-0.1, -0.05) is 23.9 Å². The Morgan fingerprint density at radius 2 is 2.25 bits per heavy atom. The van der Waals surface area contributed by atoms with Crippen LogP contribution in [0.1, 0.15) is 11.4 Å². The third-order valence-corrected chi connectivity index (χ3v) is 3.23. The van der Waals surface area contributed by atoms with Gasteiger partial charge in [-0.05, 0) is 31.2 Å². The maximum atomic E-state index is 11.6. The number of amides is 1. The molecule has 20 heavy (non-hydrogen) atoms. The number of carbonyl (C=O) groups is 1. The number of nitrogens with one attached hydrogen (secondary N) is 1. The molecular formula is C14H14N4OS. The SMILES string of the molecule is Cc1cccc(/C=N\NC(=O)CSc2ccccn2)n1. The van der Waals surface area contributed by atoms with Crippen LogP contribution in [0.3, 0.4) is 0 Å². The lowest BCUT2D eigenvalue weighted by Crippen LogP contribution is -2.19. The highest BCUT2D eigenvalue weighted by Gasteiger charge is 2.01. The molecule has 0 aliphatic carbocycles. The third kappa shape index (κ3) is 4.81. The van der Waals surface area contributed by atoms with Crippen molar-refractivity contribution >= 4 is 23.9 Å². The summed E-state index contributed by atoms with van der Waals surface area (Å²) in [7, 11) is 0. The van der Waals surface area contributed by atoms with Crippen molar-refractivity contribution in [2.45, 2.75) is 11.9 Å². The smallest absolute Gasteiger partial charge is 0.250 e. The maximum Gasteiger partial charge on any atom is 0.250 e. The van der Waals surface area contributed by atoms with E-state index in [2.05, 4.69) is 20.5 Å². The molecule has 0 spiro atoms. The molecule has 6 heteroatoms. The second kappa shape index (κ2) is 7.40. The summed E-state index contributed by atoms with van der Waals surface area (Å²) in [6.07, 6.45) is 3.22. The van der Waals surface area contributed by atoms with E-state index < -0.39 is 0 Å². The van der Waals surface area contributed by atoms with Crippen molar-refractivity contribution in [3.05, 3.63) is 54.0 Å². The van der Waals surface area contributed by atoms with E-state index in [9.17, 15) is 4.79 Å². The van der Waals surface area contributed by atoms with Crippen LogP contribution in [0, 0.1) is 6.92 Å². The van der Waals surface area contributed by atoms with E-state index in [1.807, 2.05) is 43.3 Å². The first-order valence-electron chi connectivity index (χ1n) is 6.03. The zero-order valence-electron chi connectivity index (χ0n) is 11.0. The molecule has 2 heterocycles. The zero-order chi connectivity index (χ0) is 14.2. The minimum absolute atomic E-state index is 0.176. The van der Waals surface area contributed by atoms with Crippen molar-refractivity contribution < 1.29 is 4.79 Å². The highest BCUT2D eigenvalue weighted by molar-refractivity contribution is 7.99. The van der Waals surface area contributed by atoms with E-state index in [-0.39, 0.29) is 11.7 Å². The molecule has 2 aromatic rings. The van der Waals surface area contributed by atoms with E-state index >= 15 is 0 Å². The normalized spacial score (nSPS) is 10.7. The number of thioether (sulfide) groups is 1. The Morgan fingerprint density at radius 3 is 3.00 bits per heavy atom. The van der Waals surface area contributed by atoms with Gasteiger partial charge in [-0.3, -0.25) is 9.78 Å². The molecule has 0 fully saturated rings. The Labute approximate surface area is 121 Å². The van der Waals surface area contributed by atoms with Gasteiger partial charge in [-0.2, -0.15) is 5.10 Å². The standard InChI is InChI=1S/C14H14N4OS/c1-11-5-4-6-12(17-11)9-16-18-13(19)10-20-14-7-2-3-8-15-14/h2-9H,10H2,1H3,(H,18,19)/b16-9-. The third-order valence-electron chi connectivity index (χ3n) is 2.28. The number of aromatic nitrogens is 2. The minimum atomic E-state index is -0.176. The summed E-state index contributed by atoms with van der Waals surface area (Å²) in [6, 6.07) is 11.2. The fraction of sp³-hybridized carbons (Fsp3) is 0.143. The van der Waals surface area contributed by atoms with Crippen molar-refractivity contribution in [1.29, 1.82) is 0 Å². The monoisotopic (exact) mass is 286 g/mol. The maximum absolute atomic E-state index is 11.6. The number of rotatable bonds is 5. The van der Waals surface area contributed by atoms with Gasteiger partial charge in [0.1, 0.15) is 0 Å². The predicted octanol–water partition coefficient (Wildman–Crippen LogP) is 2.03. The number of hydrogen-bond donors (Lipinski definition) is 1. The Balaban J connectivity index is 1.78. The minimum Gasteiger partial charge on any atom is -0.272 e. The van der Waals surface area contributed by atoms with E-state index in [1.165, 1.54) is 18.0 Å². The van der Waals surface area contributed by atoms with Gasteiger partial charge in [0.15, 0.2) is 0 Å². The Hall–Kier alpha value is -2.21. The molecule has 102 valence electrons. The van der Waals surface area contributed by atoms with Crippen LogP contribution in [0.25, 0.3) is 0 Å². The van der Waals surface area contributed by atoms with Crippen molar-refractivity contribution in [2.75, 3.05) is 5.75 Å². The number of aryl methyl sites for hydroxylation is 1. The molecule has 0 saturated carbocycles. The van der Waals surface area contributed by atoms with Crippen molar-refractivity contribution in [3.8, 4) is 0 Å². The lowest BCUT2D eigenvalue weighted by Gasteiger charge is -1.99. The van der Waals surface area contributed by atoms with Gasteiger partial charge in [-0.15, -0.1) is 0 Å². The van der Waals surface area contributed by atoms with Gasteiger partial charge in [-0.25, -0.2) is 10.4 Å². The second-order valence-electron chi connectivity index (χ2n) is 3.95. The van der Waals surface area contributed by atoms with Crippen LogP contribution in [-0.4, -0.2) is 27.8 Å². The summed E-state index contributed by atoms with van der Waals surface area (Å²) in [4.78, 5) is 20.0. The highest BCUT2D eigenvalue weighted by Crippen LogP contribution is 2.12. The summed E-state index contributed by atoms with van der Waals surface area (Å²) >= 11 is 1.36. The van der Waals surface area contributed by atoms with Crippen LogP contribution in [-0.2, 0) is 4.79 Å². The first-order valence-corrected chi connectivity index (χ1v) is 7.02. The molecule has 0 aliphatic rings. The topological polar surface area (TPSA) is 67.2 Å². The average molecular weight is 286 g/mol. The van der Waals surface area contributed by atoms with E-state index in [0.717, 1.165) is 10.7 Å². The molecule has 0 bridgehead atoms. The number of pyridine rings is 2. The van der Waals surface area contributed by atoms with Gasteiger partial charge in [0.05, 0.1) is 22.7 Å². The molecule has 5 nitrogen and oxygen atoms in total. The van der Waals surface area contributed by atoms with E-state index in [1.54, 1.807) is 6.20 Å². The average Bonchev–Trinajstić information content (AvgIpc) is 2.46. The highest BCUT2D eigenvalue weighted by atomic mass is 32.2. The van der Waals surface area contributed by atoms with Crippen LogP contribution < -0.4 is 5.43 Å². The summed E-state index contributed by atoms with van der Waals surface area (Å²) in [6.45, 7) is 1.90. The van der Waals surface area contributed by atoms with Crippen molar-refractivity contribution in [1.82, 2.24) is 15.4 Å². The molecule has 0 aromatic carbocycles. The molecular weight excluding hydrogens is 272 g/mol. The predicted molar refractivity (Wildman–Crippen MR) is 79.7 cm³/mol. The number of hydrazone groups is 1. The fourth-order valence-electron chi connectivity index (χ4n) is 1.41. The molecule has 1 N–H and O–H groups in total. The van der Waals surface area contributed by atoms with Crippen molar-refractivity contribution in [3.63, 3.8) is 0 Å². The molecule has 2 rings (SSSR count). The molecule has 0 aliphatic heterocycles. The fourth-order valence-corrected chi connectivity index (χ4v) is 2.06. The molecule has 0 radical (unpaired) electrons.